The van der Waals surface area contributed by atoms with Gasteiger partial charge < -0.3 is 38.5 Å². The van der Waals surface area contributed by atoms with E-state index in [0.717, 1.165) is 32.4 Å². The summed E-state index contributed by atoms with van der Waals surface area (Å²) < 4.78 is 1.57. The SMILES string of the molecule is CCCCCCCCN.CCCCCCCCNC(=O)CBr.CCCCCCCCNC(=O)C[n+]1cccc(C(=O)O)c1.O=C(Br)CBr.[Br-]. The molecule has 0 bridgehead atoms. The smallest absolute Gasteiger partial charge is 0.341 e. The van der Waals surface area contributed by atoms with Gasteiger partial charge in [0.1, 0.15) is 5.56 Å². The number of unbranched alkanes of at least 4 members (excludes halogenated alkanes) is 15. The fraction of sp³-hybridized carbons (Fsp3) is 0.750. The van der Waals surface area contributed by atoms with Crippen molar-refractivity contribution in [2.75, 3.05) is 30.3 Å². The second kappa shape index (κ2) is 45.1. The number of aromatic nitrogens is 1. The van der Waals surface area contributed by atoms with Gasteiger partial charge >= 0.3 is 5.97 Å². The van der Waals surface area contributed by atoms with E-state index in [9.17, 15) is 19.2 Å². The predicted molar refractivity (Wildman–Crippen MR) is 210 cm³/mol. The number of rotatable bonds is 25. The summed E-state index contributed by atoms with van der Waals surface area (Å²) in [6, 6.07) is 3.14. The zero-order valence-electron chi connectivity index (χ0n) is 30.4. The van der Waals surface area contributed by atoms with Crippen LogP contribution in [0.15, 0.2) is 24.5 Å². The number of nitrogens with one attached hydrogen (secondary N) is 2. The fourth-order valence-corrected chi connectivity index (χ4v) is 4.40. The van der Waals surface area contributed by atoms with Crippen molar-refractivity contribution in [2.45, 2.75) is 143 Å². The van der Waals surface area contributed by atoms with Crippen LogP contribution < -0.4 is 37.9 Å². The van der Waals surface area contributed by atoms with Crippen LogP contribution in [0.1, 0.15) is 147 Å². The molecule has 0 atom stereocenters. The summed E-state index contributed by atoms with van der Waals surface area (Å²) in [4.78, 5) is 43.1. The first-order chi connectivity index (χ1) is 23.1. The van der Waals surface area contributed by atoms with E-state index >= 15 is 0 Å². The molecule has 0 aliphatic carbocycles. The number of alkyl halides is 2. The molecular formula is C36H66Br4N4O5. The molecule has 5 N–H and O–H groups in total. The molecule has 0 fully saturated rings. The number of hydrogen-bond acceptors (Lipinski definition) is 5. The minimum atomic E-state index is -0.989. The van der Waals surface area contributed by atoms with E-state index in [1.807, 2.05) is 0 Å². The molecule has 1 heterocycles. The largest absolute Gasteiger partial charge is 1.00 e. The number of carbonyl (C=O) groups is 4. The molecule has 0 aliphatic heterocycles. The molecule has 288 valence electrons. The van der Waals surface area contributed by atoms with Crippen LogP contribution in [-0.4, -0.2) is 57.9 Å². The number of amides is 2. The van der Waals surface area contributed by atoms with Gasteiger partial charge in [-0.15, -0.1) is 0 Å². The van der Waals surface area contributed by atoms with Crippen molar-refractivity contribution in [1.82, 2.24) is 10.6 Å². The van der Waals surface area contributed by atoms with Gasteiger partial charge in [-0.1, -0.05) is 149 Å². The van der Waals surface area contributed by atoms with Crippen LogP contribution in [0.2, 0.25) is 0 Å². The zero-order chi connectivity index (χ0) is 36.7. The van der Waals surface area contributed by atoms with Crippen LogP contribution >= 0.6 is 47.8 Å². The summed E-state index contributed by atoms with van der Waals surface area (Å²) >= 11 is 8.71. The van der Waals surface area contributed by atoms with Crippen molar-refractivity contribution in [3.8, 4) is 0 Å². The number of carbonyl (C=O) groups excluding carboxylic acids is 3. The lowest BCUT2D eigenvalue weighted by atomic mass is 10.1. The Morgan fingerprint density at radius 2 is 1.10 bits per heavy atom. The standard InChI is InChI=1S/C16H24N2O3.C10H20BrNO.C8H19N.C2H2Br2O.BrH/c1-2-3-4-5-6-7-10-17-15(19)13-18-11-8-9-14(12-18)16(20)21;1-2-3-4-5-6-7-8-12-10(13)9-11;1-2-3-4-5-6-7-8-9;3-1-2(4)5;/h8-9,11-12H,2-7,10,13H2,1H3,(H-,17,19,20,21);2-9H2,1H3,(H,12,13);2-9H2,1H3;1H2;1H. The van der Waals surface area contributed by atoms with Crippen LogP contribution in [0.25, 0.3) is 0 Å². The molecule has 1 aromatic heterocycles. The Bertz CT molecular complexity index is 908. The van der Waals surface area contributed by atoms with E-state index < -0.39 is 5.97 Å². The molecule has 0 radical (unpaired) electrons. The minimum absolute atomic E-state index is 0. The minimum Gasteiger partial charge on any atom is -1.00 e. The number of pyridine rings is 1. The molecule has 0 saturated heterocycles. The first-order valence-electron chi connectivity index (χ1n) is 17.9. The molecular weight excluding hydrogens is 888 g/mol. The van der Waals surface area contributed by atoms with Gasteiger partial charge in [-0.3, -0.25) is 14.4 Å². The third kappa shape index (κ3) is 47.1. The number of carboxylic acid groups (broad SMARTS) is 1. The van der Waals surface area contributed by atoms with Gasteiger partial charge in [0.15, 0.2) is 12.4 Å². The Hall–Kier alpha value is -0.890. The quantitative estimate of drug-likeness (QED) is 0.0435. The maximum absolute atomic E-state index is 11.7. The highest BCUT2D eigenvalue weighted by atomic mass is 79.9. The normalized spacial score (nSPS) is 9.69. The van der Waals surface area contributed by atoms with Crippen molar-refractivity contribution < 1.29 is 45.8 Å². The van der Waals surface area contributed by atoms with E-state index in [-0.39, 0.29) is 45.6 Å². The summed E-state index contributed by atoms with van der Waals surface area (Å²) in [7, 11) is 0. The number of halogens is 4. The Morgan fingerprint density at radius 3 is 1.49 bits per heavy atom. The lowest BCUT2D eigenvalue weighted by Crippen LogP contribution is -3.00. The van der Waals surface area contributed by atoms with Gasteiger partial charge in [-0.05, 0) is 47.8 Å². The van der Waals surface area contributed by atoms with E-state index in [4.69, 9.17) is 10.8 Å². The maximum Gasteiger partial charge on any atom is 0.341 e. The average molecular weight is 955 g/mol. The molecule has 49 heavy (non-hydrogen) atoms. The van der Waals surface area contributed by atoms with Crippen LogP contribution in [0.3, 0.4) is 0 Å². The fourth-order valence-electron chi connectivity index (χ4n) is 4.21. The lowest BCUT2D eigenvalue weighted by molar-refractivity contribution is -0.684. The highest BCUT2D eigenvalue weighted by Crippen LogP contribution is 2.05. The van der Waals surface area contributed by atoms with Crippen molar-refractivity contribution >= 4 is 70.3 Å². The first-order valence-corrected chi connectivity index (χ1v) is 20.9. The Labute approximate surface area is 333 Å². The molecule has 1 aromatic rings. The number of aromatic carboxylic acids is 1. The van der Waals surface area contributed by atoms with Crippen molar-refractivity contribution in [3.05, 3.63) is 30.1 Å². The Kier molecular flexibility index (Phi) is 50.5. The van der Waals surface area contributed by atoms with Gasteiger partial charge in [-0.2, -0.15) is 4.57 Å². The molecule has 0 saturated carbocycles. The first kappa shape index (κ1) is 54.9. The zero-order valence-corrected chi connectivity index (χ0v) is 36.7. The van der Waals surface area contributed by atoms with Crippen molar-refractivity contribution in [3.63, 3.8) is 0 Å². The molecule has 0 aliphatic rings. The third-order valence-corrected chi connectivity index (χ3v) is 8.97. The highest BCUT2D eigenvalue weighted by molar-refractivity contribution is 9.19. The summed E-state index contributed by atoms with van der Waals surface area (Å²) in [5, 5.41) is 15.4. The van der Waals surface area contributed by atoms with Crippen LogP contribution in [-0.2, 0) is 20.9 Å². The number of hydrogen-bond donors (Lipinski definition) is 4. The summed E-state index contributed by atoms with van der Waals surface area (Å²) in [6.45, 7) is 9.18. The molecule has 1 rings (SSSR count). The monoisotopic (exact) mass is 950 g/mol. The molecule has 0 aromatic carbocycles. The van der Waals surface area contributed by atoms with Crippen LogP contribution in [0.4, 0.5) is 0 Å². The number of nitrogens with two attached hydrogens (primary N) is 1. The van der Waals surface area contributed by atoms with Crippen LogP contribution in [0, 0.1) is 0 Å². The maximum atomic E-state index is 11.7. The van der Waals surface area contributed by atoms with Gasteiger partial charge in [-0.25, -0.2) is 4.79 Å². The summed E-state index contributed by atoms with van der Waals surface area (Å²) in [5.74, 6) is -0.985. The van der Waals surface area contributed by atoms with E-state index in [1.54, 1.807) is 16.8 Å². The Morgan fingerprint density at radius 1 is 0.694 bits per heavy atom. The third-order valence-electron chi connectivity index (χ3n) is 6.92. The van der Waals surface area contributed by atoms with E-state index in [0.29, 0.717) is 17.2 Å². The molecule has 2 amide bonds. The van der Waals surface area contributed by atoms with Gasteiger partial charge in [0.2, 0.25) is 17.1 Å². The second-order valence-electron chi connectivity index (χ2n) is 11.5. The molecule has 0 unspecified atom stereocenters. The highest BCUT2D eigenvalue weighted by Gasteiger charge is 2.12. The molecule has 9 nitrogen and oxygen atoms in total. The van der Waals surface area contributed by atoms with Gasteiger partial charge in [0, 0.05) is 19.2 Å². The second-order valence-corrected chi connectivity index (χ2v) is 13.5. The molecule has 13 heteroatoms. The predicted octanol–water partition coefficient (Wildman–Crippen LogP) is 5.62. The summed E-state index contributed by atoms with van der Waals surface area (Å²) in [5.41, 5.74) is 5.52. The van der Waals surface area contributed by atoms with E-state index in [2.05, 4.69) is 79.2 Å². The summed E-state index contributed by atoms with van der Waals surface area (Å²) in [6.07, 6.45) is 26.0. The van der Waals surface area contributed by atoms with Crippen molar-refractivity contribution in [2.24, 2.45) is 5.73 Å². The van der Waals surface area contributed by atoms with Crippen molar-refractivity contribution in [1.29, 1.82) is 0 Å². The van der Waals surface area contributed by atoms with Gasteiger partial charge in [0.05, 0.1) is 10.7 Å². The van der Waals surface area contributed by atoms with E-state index in [1.165, 1.54) is 109 Å². The molecule has 0 spiro atoms. The number of nitrogens with zero attached hydrogens (tertiary/aromatic N) is 1. The van der Waals surface area contributed by atoms with Crippen LogP contribution in [0.5, 0.6) is 0 Å². The van der Waals surface area contributed by atoms with Gasteiger partial charge in [0.25, 0.3) is 5.91 Å². The average Bonchev–Trinajstić information content (AvgIpc) is 3.08. The topological polar surface area (TPSA) is 142 Å². The number of carboxylic acids is 1. The Balaban J connectivity index is -0.000000309. The lowest BCUT2D eigenvalue weighted by Gasteiger charge is -2.03.